The molecule has 5 aliphatic rings. The van der Waals surface area contributed by atoms with Crippen LogP contribution in [0.2, 0.25) is 0 Å². The monoisotopic (exact) mass is 1830 g/mol. The number of hydrogen-bond acceptors (Lipinski definition) is 52. The molecule has 25 atom stereocenters. The van der Waals surface area contributed by atoms with Crippen LogP contribution >= 0.6 is 0 Å². The van der Waals surface area contributed by atoms with E-state index in [-0.39, 0.29) is 325 Å². The smallest absolute Gasteiger partial charge is 0.735 e. The quantitative estimate of drug-likeness (QED) is 0.0176. The Bertz CT molecular complexity index is 3820. The summed E-state index contributed by atoms with van der Waals surface area (Å²) in [7, 11) is -56.2. The third kappa shape index (κ3) is 41.8. The zero-order valence-corrected chi connectivity index (χ0v) is 85.5. The van der Waals surface area contributed by atoms with Crippen molar-refractivity contribution in [3.8, 4) is 0 Å². The molecule has 5 heterocycles. The molecular formula is C31H42N3Na11O52S9. The summed E-state index contributed by atoms with van der Waals surface area (Å²) in [5, 5.41) is 80.8. The van der Waals surface area contributed by atoms with Crippen molar-refractivity contribution in [3.05, 3.63) is 0 Å². The second-order valence-electron chi connectivity index (χ2n) is 19.0. The molecule has 0 radical (unpaired) electrons. The van der Waals surface area contributed by atoms with Gasteiger partial charge in [-0.1, -0.05) is 0 Å². The number of carbonyl (C=O) groups is 2. The number of carboxylic acids is 2. The topological polar surface area (TPSA) is 880 Å². The molecule has 0 bridgehead atoms. The molecule has 106 heavy (non-hydrogen) atoms. The van der Waals surface area contributed by atoms with Gasteiger partial charge in [0.2, 0.25) is 62.4 Å². The van der Waals surface area contributed by atoms with Gasteiger partial charge >= 0.3 is 325 Å². The van der Waals surface area contributed by atoms with Crippen LogP contribution in [0, 0.1) is 0 Å². The van der Waals surface area contributed by atoms with E-state index in [1.165, 1.54) is 0 Å². The van der Waals surface area contributed by atoms with Gasteiger partial charge in [0.1, 0.15) is 116 Å². The van der Waals surface area contributed by atoms with Crippen LogP contribution in [-0.4, -0.2) is 334 Å². The fourth-order valence-electron chi connectivity index (χ4n) is 9.16. The van der Waals surface area contributed by atoms with Gasteiger partial charge in [-0.2, -0.15) is 0 Å². The van der Waals surface area contributed by atoms with E-state index in [9.17, 15) is 162 Å². The molecule has 5 aliphatic heterocycles. The van der Waals surface area contributed by atoms with Gasteiger partial charge in [-0.15, -0.1) is 0 Å². The minimum atomic E-state index is -6.83. The number of aliphatic hydroxyl groups is 5. The van der Waals surface area contributed by atoms with Gasteiger partial charge in [0.05, 0.1) is 31.8 Å². The van der Waals surface area contributed by atoms with Crippen molar-refractivity contribution in [1.29, 1.82) is 0 Å². The second kappa shape index (κ2) is 52.2. The molecule has 55 nitrogen and oxygen atoms in total. The van der Waals surface area contributed by atoms with Gasteiger partial charge in [-0.05, 0) is 0 Å². The van der Waals surface area contributed by atoms with E-state index >= 15 is 0 Å². The molecule has 5 rings (SSSR count). The molecule has 0 aromatic rings. The zero-order chi connectivity index (χ0) is 72.6. The largest absolute Gasteiger partial charge is 1.00 e. The number of aliphatic carboxylic acids is 2. The molecule has 0 aromatic heterocycles. The molecule has 0 spiro atoms. The minimum absolute atomic E-state index is 0. The Balaban J connectivity index is -0.00000178. The number of aliphatic hydroxyl groups excluding tert-OH is 5. The van der Waals surface area contributed by atoms with Crippen LogP contribution in [0.25, 0.3) is 0 Å². The van der Waals surface area contributed by atoms with Crippen molar-refractivity contribution in [1.82, 2.24) is 14.2 Å². The molecular weight excluding hydrogens is 1790 g/mol. The van der Waals surface area contributed by atoms with Crippen molar-refractivity contribution >= 4 is 105 Å². The van der Waals surface area contributed by atoms with Crippen LogP contribution in [0.3, 0.4) is 0 Å². The number of ether oxygens (including phenoxy) is 10. The van der Waals surface area contributed by atoms with Crippen LogP contribution in [0.1, 0.15) is 0 Å². The fraction of sp³-hybridized carbons (Fsp3) is 0.935. The maximum atomic E-state index is 13.0. The Morgan fingerprint density at radius 1 is 0.321 bits per heavy atom. The van der Waals surface area contributed by atoms with Crippen molar-refractivity contribution in [2.75, 3.05) is 26.9 Å². The van der Waals surface area contributed by atoms with E-state index in [2.05, 4.69) is 25.1 Å². The van der Waals surface area contributed by atoms with Crippen molar-refractivity contribution in [3.63, 3.8) is 0 Å². The van der Waals surface area contributed by atoms with E-state index in [1.54, 1.807) is 0 Å². The van der Waals surface area contributed by atoms with Gasteiger partial charge in [0.25, 0.3) is 0 Å². The van der Waals surface area contributed by atoms with Crippen LogP contribution in [0.5, 0.6) is 0 Å². The third-order valence-electron chi connectivity index (χ3n) is 12.6. The van der Waals surface area contributed by atoms with Crippen LogP contribution < -0.4 is 350 Å². The predicted octanol–water partition coefficient (Wildman–Crippen LogP) is -52.6. The van der Waals surface area contributed by atoms with E-state index in [0.29, 0.717) is 7.11 Å². The SMILES string of the molecule is CO[C@H]1O[C@H](COS(=O)(=O)[O-])[C@@H](O[C@@H]2O[C@@H](C(=O)[O-])[C@@H](O[C@H]3O[C@H](COS(=O)(=O)[O-])[C@@H](O[C@@H]4O[C@H](C(=O)[O-])[C@@H](O[C@H]5O[C@H](COS(=O)(=O)[O-])[C@@H](O)[C@H](O)[C@H]5NS(=O)(=O)[O-])[C@H](O)[C@H]4O)[C@H](OS(=O)(=O)[O-])[C@H]3NS(=O)(=O)[O-])[C@H](OS(=O)(=O)[O-])[C@H]2OS(=O)(=O)[O-])[C@H](O)[C@H]1NS(=O)(=O)[O-].[Na+].[Na+].[Na+].[Na+].[Na+].[Na+].[Na+].[Na+].[Na+].[Na+].[Na+]. The molecule has 0 amide bonds. The summed E-state index contributed by atoms with van der Waals surface area (Å²) in [6, 6.07) is -8.95. The first-order valence-corrected chi connectivity index (χ1v) is 36.2. The summed E-state index contributed by atoms with van der Waals surface area (Å²) in [6.07, 6.45) is -70.1. The summed E-state index contributed by atoms with van der Waals surface area (Å²) in [6.45, 7) is -5.71. The van der Waals surface area contributed by atoms with E-state index in [4.69, 9.17) is 47.4 Å². The Hall–Kier alpha value is 8.17. The van der Waals surface area contributed by atoms with E-state index in [0.717, 1.165) is 14.2 Å². The van der Waals surface area contributed by atoms with E-state index < -0.39 is 278 Å². The maximum Gasteiger partial charge on any atom is 1.00 e. The van der Waals surface area contributed by atoms with Crippen molar-refractivity contribution < 1.29 is 560 Å². The molecule has 8 N–H and O–H groups in total. The number of carbonyl (C=O) groups excluding carboxylic acids is 2. The molecule has 0 aliphatic carbocycles. The Kier molecular flexibility index (Phi) is 62.7. The molecule has 0 saturated carbocycles. The Morgan fingerprint density at radius 3 is 1.03 bits per heavy atom. The molecule has 5 fully saturated rings. The second-order valence-corrected chi connectivity index (χ2v) is 28.6. The van der Waals surface area contributed by atoms with E-state index in [1.807, 2.05) is 0 Å². The molecule has 0 unspecified atom stereocenters. The number of nitrogens with one attached hydrogen (secondary N) is 3. The summed E-state index contributed by atoms with van der Waals surface area (Å²) in [5.41, 5.74) is 0. The predicted molar refractivity (Wildman–Crippen MR) is 250 cm³/mol. The molecule has 0 aromatic carbocycles. The average molecular weight is 1830 g/mol. The van der Waals surface area contributed by atoms with Gasteiger partial charge in [-0.25, -0.2) is 89.9 Å². The molecule has 558 valence electrons. The van der Waals surface area contributed by atoms with Gasteiger partial charge in [-0.3, -0.25) is 25.1 Å². The van der Waals surface area contributed by atoms with Gasteiger partial charge in [0.15, 0.2) is 68.5 Å². The molecule has 75 heteroatoms. The zero-order valence-electron chi connectivity index (χ0n) is 56.2. The number of methoxy groups -OCH3 is 1. The third-order valence-corrected chi connectivity index (χ3v) is 16.9. The first kappa shape index (κ1) is 127. The number of carboxylic acid groups (broad SMARTS) is 2. The number of rotatable bonds is 32. The van der Waals surface area contributed by atoms with Crippen molar-refractivity contribution in [2.45, 2.75) is 153 Å². The average Bonchev–Trinajstić information content (AvgIpc) is 0.756. The first-order valence-electron chi connectivity index (χ1n) is 24.0. The Morgan fingerprint density at radius 2 is 0.632 bits per heavy atom. The first-order chi connectivity index (χ1) is 42.8. The van der Waals surface area contributed by atoms with Gasteiger partial charge in [0, 0.05) is 7.11 Å². The Labute approximate surface area is 844 Å². The molecule has 5 saturated heterocycles. The summed E-state index contributed by atoms with van der Waals surface area (Å²) in [4.78, 5) is 25.7. The van der Waals surface area contributed by atoms with Crippen LogP contribution in [-0.2, 0) is 175 Å². The normalized spacial score (nSPS) is 33.8. The van der Waals surface area contributed by atoms with Crippen LogP contribution in [0.15, 0.2) is 0 Å². The fourth-order valence-corrected chi connectivity index (χ4v) is 13.3. The standard InChI is InChI=1S/C31H53N3O52S9.11Na/c1-71-27-9(33-88(47,48)49)13(37)16(6(76-27)3-73-91(56,57)58)78-31-24(86-95(68,69)70)21(85-94(65,66)67)20(23(83-31)26(42)43)81-29-10(34-89(50,51)52)18(84-93(62,63)64)17(7(77-29)4-74-92(59,60)61)79-30-15(39)14(38)19(22(82-30)25(40)41)80-28-8(32-87(44,45)46)12(36)11(35)5(75-28)2-72-90(53,54)55;;;;;;;;;;;/h5-24,27-39H,2-4H2,1H3,(H,40,41)(H,42,43)(H,44,45,46)(H,47,48,49)(H,50,51,52)(H,53,54,55)(H,56,57,58)(H,59,60,61)(H,62,63,64)(H,65,66,67)(H,68,69,70);;;;;;;;;;;/q;11*+1/p-11/t5-,6-,7-,8-,9-,10-,11-,12-,13-,14-,15-,16-,17-,18-,19+,20+,21+,22+,23-,24-,27+,28-,29-,30-,31-;;;;;;;;;;;/m1.........../s1. The minimum Gasteiger partial charge on any atom is -0.735 e. The van der Waals surface area contributed by atoms with Crippen LogP contribution in [0.4, 0.5) is 0 Å². The summed E-state index contributed by atoms with van der Waals surface area (Å²) >= 11 is 0. The summed E-state index contributed by atoms with van der Waals surface area (Å²) in [5.74, 6) is -5.80. The number of hydrogen-bond donors (Lipinski definition) is 8. The van der Waals surface area contributed by atoms with Gasteiger partial charge < -0.3 is 134 Å². The summed E-state index contributed by atoms with van der Waals surface area (Å²) < 4.78 is 402. The van der Waals surface area contributed by atoms with Crippen molar-refractivity contribution in [2.24, 2.45) is 0 Å². The maximum absolute atomic E-state index is 13.0.